The van der Waals surface area contributed by atoms with Crippen molar-refractivity contribution in [2.45, 2.75) is 0 Å². The van der Waals surface area contributed by atoms with Gasteiger partial charge in [0.1, 0.15) is 0 Å². The number of hydrogen-bond donors (Lipinski definition) is 1. The predicted molar refractivity (Wildman–Crippen MR) is 64.1 cm³/mol. The van der Waals surface area contributed by atoms with Gasteiger partial charge in [-0.25, -0.2) is 0 Å². The van der Waals surface area contributed by atoms with Gasteiger partial charge in [0, 0.05) is 11.5 Å². The molecule has 1 heterocycles. The molecule has 1 aliphatic heterocycles. The summed E-state index contributed by atoms with van der Waals surface area (Å²) in [7, 11) is 0. The molecule has 2 fully saturated rings. The van der Waals surface area contributed by atoms with Gasteiger partial charge in [-0.05, 0) is 43.1 Å². The fourth-order valence-corrected chi connectivity index (χ4v) is 2.95. The second kappa shape index (κ2) is 3.73. The number of piperidine rings is 1. The van der Waals surface area contributed by atoms with Crippen LogP contribution in [0.15, 0.2) is 18.2 Å². The quantitative estimate of drug-likeness (QED) is 0.824. The molecule has 2 nitrogen and oxygen atoms in total. The van der Waals surface area contributed by atoms with E-state index in [1.807, 2.05) is 0 Å². The van der Waals surface area contributed by atoms with Crippen LogP contribution >= 0.6 is 23.2 Å². The number of halogens is 2. The van der Waals surface area contributed by atoms with Gasteiger partial charge in [0.25, 0.3) is 0 Å². The number of hydrogen-bond acceptors (Lipinski definition) is 2. The molecule has 1 saturated heterocycles. The van der Waals surface area contributed by atoms with E-state index in [0.717, 1.165) is 13.1 Å². The first-order chi connectivity index (χ1) is 7.68. The Bertz CT molecular complexity index is 450. The van der Waals surface area contributed by atoms with Gasteiger partial charge in [-0.3, -0.25) is 4.79 Å². The maximum atomic E-state index is 12.2. The van der Waals surface area contributed by atoms with Crippen LogP contribution in [0.3, 0.4) is 0 Å². The summed E-state index contributed by atoms with van der Waals surface area (Å²) in [5.74, 6) is 1.51. The summed E-state index contributed by atoms with van der Waals surface area (Å²) in [4.78, 5) is 12.2. The smallest absolute Gasteiger partial charge is 0.166 e. The maximum absolute atomic E-state index is 12.2. The van der Waals surface area contributed by atoms with Crippen LogP contribution in [0.5, 0.6) is 0 Å². The van der Waals surface area contributed by atoms with Crippen molar-refractivity contribution in [3.8, 4) is 0 Å². The lowest BCUT2D eigenvalue weighted by Gasteiger charge is -2.05. The molecule has 2 aliphatic rings. The van der Waals surface area contributed by atoms with Gasteiger partial charge in [-0.15, -0.1) is 0 Å². The van der Waals surface area contributed by atoms with Crippen molar-refractivity contribution >= 4 is 29.0 Å². The lowest BCUT2D eigenvalue weighted by Crippen LogP contribution is -2.18. The summed E-state index contributed by atoms with van der Waals surface area (Å²) in [6.07, 6.45) is 0. The summed E-state index contributed by atoms with van der Waals surface area (Å²) in [5, 5.41) is 4.23. The van der Waals surface area contributed by atoms with Crippen LogP contribution < -0.4 is 5.32 Å². The molecule has 0 amide bonds. The molecule has 1 aliphatic carbocycles. The molecule has 1 aromatic rings. The average Bonchev–Trinajstić information content (AvgIpc) is 2.74. The topological polar surface area (TPSA) is 29.1 Å². The molecule has 1 aromatic carbocycles. The highest BCUT2D eigenvalue weighted by Crippen LogP contribution is 2.50. The Kier molecular flexibility index (Phi) is 2.46. The summed E-state index contributed by atoms with van der Waals surface area (Å²) in [6, 6.07) is 5.12. The first kappa shape index (κ1) is 10.6. The van der Waals surface area contributed by atoms with Crippen molar-refractivity contribution in [3.05, 3.63) is 33.8 Å². The molecule has 4 heteroatoms. The molecule has 2 unspecified atom stereocenters. The lowest BCUT2D eigenvalue weighted by atomic mass is 10.0. The van der Waals surface area contributed by atoms with Crippen molar-refractivity contribution in [2.24, 2.45) is 17.8 Å². The Morgan fingerprint density at radius 1 is 1.19 bits per heavy atom. The minimum atomic E-state index is 0.207. The number of carbonyl (C=O) groups is 1. The Hall–Kier alpha value is -0.570. The van der Waals surface area contributed by atoms with E-state index in [-0.39, 0.29) is 11.7 Å². The standard InChI is InChI=1S/C12H11Cl2NO/c13-9-2-1-6(3-10(9)14)12(16)11-7-4-15-5-8(7)11/h1-3,7-8,11,15H,4-5H2. The van der Waals surface area contributed by atoms with Crippen LogP contribution in [-0.2, 0) is 0 Å². The molecular weight excluding hydrogens is 245 g/mol. The number of ketones is 1. The number of nitrogens with one attached hydrogen (secondary N) is 1. The molecule has 84 valence electrons. The SMILES string of the molecule is O=C(c1ccc(Cl)c(Cl)c1)C1C2CNCC21. The zero-order chi connectivity index (χ0) is 11.3. The van der Waals surface area contributed by atoms with Crippen molar-refractivity contribution in [3.63, 3.8) is 0 Å². The number of rotatable bonds is 2. The van der Waals surface area contributed by atoms with E-state index in [0.29, 0.717) is 27.4 Å². The third-order valence-corrected chi connectivity index (χ3v) is 4.34. The Balaban J connectivity index is 1.82. The van der Waals surface area contributed by atoms with Crippen molar-refractivity contribution in [1.29, 1.82) is 0 Å². The van der Waals surface area contributed by atoms with E-state index >= 15 is 0 Å². The number of Topliss-reactive ketones (excluding diaryl/α,β-unsaturated/α-hetero) is 1. The van der Waals surface area contributed by atoms with Gasteiger partial charge in [0.15, 0.2) is 5.78 Å². The highest BCUT2D eigenvalue weighted by atomic mass is 35.5. The Labute approximate surface area is 104 Å². The van der Waals surface area contributed by atoms with E-state index < -0.39 is 0 Å². The van der Waals surface area contributed by atoms with Crippen molar-refractivity contribution in [1.82, 2.24) is 5.32 Å². The lowest BCUT2D eigenvalue weighted by molar-refractivity contribution is 0.0953. The molecule has 3 rings (SSSR count). The number of benzene rings is 1. The molecule has 0 bridgehead atoms. The summed E-state index contributed by atoms with van der Waals surface area (Å²) >= 11 is 11.7. The van der Waals surface area contributed by atoms with E-state index in [1.165, 1.54) is 0 Å². The third kappa shape index (κ3) is 1.56. The minimum Gasteiger partial charge on any atom is -0.316 e. The van der Waals surface area contributed by atoms with E-state index in [1.54, 1.807) is 18.2 Å². The predicted octanol–water partition coefficient (Wildman–Crippen LogP) is 2.64. The first-order valence-corrected chi connectivity index (χ1v) is 6.14. The molecule has 1 N–H and O–H groups in total. The van der Waals surface area contributed by atoms with Crippen molar-refractivity contribution in [2.75, 3.05) is 13.1 Å². The van der Waals surface area contributed by atoms with E-state index in [9.17, 15) is 4.79 Å². The minimum absolute atomic E-state index is 0.207. The number of fused-ring (bicyclic) bond motifs is 1. The molecule has 0 radical (unpaired) electrons. The first-order valence-electron chi connectivity index (χ1n) is 5.38. The highest BCUT2D eigenvalue weighted by Gasteiger charge is 2.56. The molecule has 1 saturated carbocycles. The Morgan fingerprint density at radius 3 is 2.50 bits per heavy atom. The Morgan fingerprint density at radius 2 is 1.88 bits per heavy atom. The highest BCUT2D eigenvalue weighted by molar-refractivity contribution is 6.42. The van der Waals surface area contributed by atoms with Crippen LogP contribution in [0, 0.1) is 17.8 Å². The largest absolute Gasteiger partial charge is 0.316 e. The molecular formula is C12H11Cl2NO. The van der Waals surface area contributed by atoms with Crippen LogP contribution in [0.4, 0.5) is 0 Å². The van der Waals surface area contributed by atoms with Gasteiger partial charge in [0.05, 0.1) is 10.0 Å². The summed E-state index contributed by atoms with van der Waals surface area (Å²) in [5.41, 5.74) is 0.689. The summed E-state index contributed by atoms with van der Waals surface area (Å²) in [6.45, 7) is 1.95. The molecule has 2 atom stereocenters. The van der Waals surface area contributed by atoms with Crippen LogP contribution in [0.2, 0.25) is 10.0 Å². The molecule has 0 spiro atoms. The third-order valence-electron chi connectivity index (χ3n) is 3.60. The van der Waals surface area contributed by atoms with Gasteiger partial charge in [-0.2, -0.15) is 0 Å². The molecule has 16 heavy (non-hydrogen) atoms. The second-order valence-electron chi connectivity index (χ2n) is 4.50. The maximum Gasteiger partial charge on any atom is 0.166 e. The normalized spacial score (nSPS) is 31.2. The van der Waals surface area contributed by atoms with Gasteiger partial charge in [-0.1, -0.05) is 23.2 Å². The molecule has 0 aromatic heterocycles. The van der Waals surface area contributed by atoms with Crippen LogP contribution in [-0.4, -0.2) is 18.9 Å². The van der Waals surface area contributed by atoms with Gasteiger partial charge >= 0.3 is 0 Å². The van der Waals surface area contributed by atoms with E-state index in [4.69, 9.17) is 23.2 Å². The van der Waals surface area contributed by atoms with Crippen LogP contribution in [0.1, 0.15) is 10.4 Å². The zero-order valence-corrected chi connectivity index (χ0v) is 10.1. The van der Waals surface area contributed by atoms with Gasteiger partial charge in [0.2, 0.25) is 0 Å². The van der Waals surface area contributed by atoms with Crippen LogP contribution in [0.25, 0.3) is 0 Å². The number of carbonyl (C=O) groups excluding carboxylic acids is 1. The van der Waals surface area contributed by atoms with Gasteiger partial charge < -0.3 is 5.32 Å². The fourth-order valence-electron chi connectivity index (χ4n) is 2.65. The fraction of sp³-hybridized carbons (Fsp3) is 0.417. The van der Waals surface area contributed by atoms with Crippen molar-refractivity contribution < 1.29 is 4.79 Å². The van der Waals surface area contributed by atoms with E-state index in [2.05, 4.69) is 5.32 Å². The average molecular weight is 256 g/mol. The summed E-state index contributed by atoms with van der Waals surface area (Å²) < 4.78 is 0. The monoisotopic (exact) mass is 255 g/mol. The second-order valence-corrected chi connectivity index (χ2v) is 5.32. The zero-order valence-electron chi connectivity index (χ0n) is 8.54.